The monoisotopic (exact) mass is 382 g/mol. The number of rotatable bonds is 10. The highest BCUT2D eigenvalue weighted by Crippen LogP contribution is 2.13. The molecule has 2 rings (SSSR count). The highest BCUT2D eigenvalue weighted by atomic mass is 16.5. The zero-order chi connectivity index (χ0) is 20.2. The van der Waals surface area contributed by atoms with E-state index in [1.165, 1.54) is 6.08 Å². The van der Waals surface area contributed by atoms with E-state index in [1.54, 1.807) is 30.3 Å². The van der Waals surface area contributed by atoms with E-state index >= 15 is 0 Å². The molecule has 6 nitrogen and oxygen atoms in total. The number of aromatic nitrogens is 1. The number of nitrogens with zero attached hydrogens (tertiary/aromatic N) is 2. The van der Waals surface area contributed by atoms with Crippen molar-refractivity contribution in [1.29, 1.82) is 0 Å². The van der Waals surface area contributed by atoms with Gasteiger partial charge in [-0.15, -0.1) is 0 Å². The van der Waals surface area contributed by atoms with Gasteiger partial charge in [-0.2, -0.15) is 0 Å². The van der Waals surface area contributed by atoms with Gasteiger partial charge in [0.15, 0.2) is 0 Å². The molecule has 1 heterocycles. The van der Waals surface area contributed by atoms with Gasteiger partial charge in [-0.3, -0.25) is 14.6 Å². The Morgan fingerprint density at radius 3 is 2.54 bits per heavy atom. The van der Waals surface area contributed by atoms with Gasteiger partial charge in [-0.05, 0) is 49.2 Å². The van der Waals surface area contributed by atoms with Gasteiger partial charge in [0.1, 0.15) is 5.75 Å². The quantitative estimate of drug-likeness (QED) is 0.465. The van der Waals surface area contributed by atoms with Gasteiger partial charge in [-0.1, -0.05) is 18.2 Å². The molecular weight excluding hydrogens is 356 g/mol. The molecular formula is C22H26N2O4. The maximum atomic E-state index is 12.7. The fraction of sp³-hybridized carbons (Fsp3) is 0.318. The molecule has 0 bridgehead atoms. The number of ether oxygens (including phenoxy) is 2. The van der Waals surface area contributed by atoms with Crippen molar-refractivity contribution in [2.75, 3.05) is 19.8 Å². The molecule has 0 saturated heterocycles. The number of esters is 1. The second-order valence-electron chi connectivity index (χ2n) is 6.01. The van der Waals surface area contributed by atoms with Crippen LogP contribution in [0.5, 0.6) is 5.75 Å². The van der Waals surface area contributed by atoms with Crippen LogP contribution in [0.3, 0.4) is 0 Å². The van der Waals surface area contributed by atoms with Crippen LogP contribution in [0.4, 0.5) is 0 Å². The van der Waals surface area contributed by atoms with Crippen LogP contribution in [0.25, 0.3) is 6.08 Å². The van der Waals surface area contributed by atoms with E-state index in [2.05, 4.69) is 4.98 Å². The van der Waals surface area contributed by atoms with Crippen molar-refractivity contribution in [3.05, 3.63) is 66.0 Å². The summed E-state index contributed by atoms with van der Waals surface area (Å²) in [5.74, 6) is 0.294. The van der Waals surface area contributed by atoms with Crippen molar-refractivity contribution in [2.45, 2.75) is 26.8 Å². The Bertz CT molecular complexity index is 773. The van der Waals surface area contributed by atoms with Gasteiger partial charge in [0, 0.05) is 31.6 Å². The number of hydrogen-bond donors (Lipinski definition) is 0. The van der Waals surface area contributed by atoms with E-state index in [9.17, 15) is 9.59 Å². The average molecular weight is 382 g/mol. The number of carbonyl (C=O) groups excluding carboxylic acids is 2. The van der Waals surface area contributed by atoms with Gasteiger partial charge in [0.05, 0.1) is 19.6 Å². The van der Waals surface area contributed by atoms with Crippen LogP contribution in [0.1, 0.15) is 31.4 Å². The van der Waals surface area contributed by atoms with Gasteiger partial charge < -0.3 is 14.4 Å². The predicted octanol–water partition coefficient (Wildman–Crippen LogP) is 3.48. The first-order valence-electron chi connectivity index (χ1n) is 9.36. The second kappa shape index (κ2) is 11.5. The Hall–Kier alpha value is -3.15. The number of hydrogen-bond acceptors (Lipinski definition) is 5. The van der Waals surface area contributed by atoms with Crippen LogP contribution >= 0.6 is 0 Å². The molecule has 2 aromatic rings. The smallest absolute Gasteiger partial charge is 0.307 e. The molecule has 148 valence electrons. The Labute approximate surface area is 165 Å². The summed E-state index contributed by atoms with van der Waals surface area (Å²) in [5.41, 5.74) is 1.79. The highest BCUT2D eigenvalue weighted by molar-refractivity contribution is 5.92. The Kier molecular flexibility index (Phi) is 8.72. The van der Waals surface area contributed by atoms with Gasteiger partial charge in [0.2, 0.25) is 5.91 Å². The van der Waals surface area contributed by atoms with Crippen LogP contribution in [-0.2, 0) is 20.9 Å². The van der Waals surface area contributed by atoms with Gasteiger partial charge in [-0.25, -0.2) is 0 Å². The number of benzene rings is 1. The molecule has 1 aromatic heterocycles. The van der Waals surface area contributed by atoms with E-state index < -0.39 is 0 Å². The Balaban J connectivity index is 2.04. The minimum atomic E-state index is -0.318. The minimum absolute atomic E-state index is 0.150. The lowest BCUT2D eigenvalue weighted by molar-refractivity contribution is -0.143. The van der Waals surface area contributed by atoms with Crippen molar-refractivity contribution in [1.82, 2.24) is 9.88 Å². The first-order chi connectivity index (χ1) is 13.6. The van der Waals surface area contributed by atoms with Crippen molar-refractivity contribution >= 4 is 18.0 Å². The lowest BCUT2D eigenvalue weighted by Crippen LogP contribution is -2.31. The molecule has 0 N–H and O–H groups in total. The summed E-state index contributed by atoms with van der Waals surface area (Å²) < 4.78 is 10.4. The summed E-state index contributed by atoms with van der Waals surface area (Å²) in [6.45, 7) is 5.28. The van der Waals surface area contributed by atoms with Crippen LogP contribution in [-0.4, -0.2) is 41.5 Å². The molecule has 1 aromatic carbocycles. The zero-order valence-electron chi connectivity index (χ0n) is 16.3. The standard InChI is InChI=1S/C22H26N2O4/c1-3-27-20-10-7-18(8-11-20)9-12-21(25)24(15-13-22(26)28-4-2)17-19-6-5-14-23-16-19/h5-12,14,16H,3-4,13,15,17H2,1-2H3/b12-9+. The number of amides is 1. The molecule has 0 saturated carbocycles. The van der Waals surface area contributed by atoms with Gasteiger partial charge in [0.25, 0.3) is 0 Å². The third kappa shape index (κ3) is 7.23. The number of carbonyl (C=O) groups is 2. The van der Waals surface area contributed by atoms with E-state index in [4.69, 9.17) is 9.47 Å². The summed E-state index contributed by atoms with van der Waals surface area (Å²) >= 11 is 0. The third-order valence-corrected chi connectivity index (χ3v) is 3.91. The first kappa shape index (κ1) is 21.2. The topological polar surface area (TPSA) is 68.7 Å². The third-order valence-electron chi connectivity index (χ3n) is 3.91. The molecule has 0 radical (unpaired) electrons. The summed E-state index contributed by atoms with van der Waals surface area (Å²) in [6, 6.07) is 11.2. The zero-order valence-corrected chi connectivity index (χ0v) is 16.3. The Morgan fingerprint density at radius 1 is 1.11 bits per heavy atom. The minimum Gasteiger partial charge on any atom is -0.494 e. The van der Waals surface area contributed by atoms with Crippen LogP contribution in [0.2, 0.25) is 0 Å². The van der Waals surface area contributed by atoms with E-state index in [0.29, 0.717) is 19.8 Å². The summed E-state index contributed by atoms with van der Waals surface area (Å²) in [6.07, 6.45) is 6.80. The number of pyridine rings is 1. The van der Waals surface area contributed by atoms with Crippen molar-refractivity contribution in [3.8, 4) is 5.75 Å². The summed E-state index contributed by atoms with van der Waals surface area (Å²) in [5, 5.41) is 0. The van der Waals surface area contributed by atoms with Crippen LogP contribution in [0.15, 0.2) is 54.9 Å². The van der Waals surface area contributed by atoms with Crippen LogP contribution in [0, 0.1) is 0 Å². The molecule has 0 unspecified atom stereocenters. The highest BCUT2D eigenvalue weighted by Gasteiger charge is 2.14. The predicted molar refractivity (Wildman–Crippen MR) is 108 cm³/mol. The first-order valence-corrected chi connectivity index (χ1v) is 9.36. The fourth-order valence-electron chi connectivity index (χ4n) is 2.55. The van der Waals surface area contributed by atoms with Crippen molar-refractivity contribution in [3.63, 3.8) is 0 Å². The molecule has 1 amide bonds. The molecule has 0 aliphatic heterocycles. The normalized spacial score (nSPS) is 10.6. The maximum absolute atomic E-state index is 12.7. The molecule has 0 atom stereocenters. The SMILES string of the molecule is CCOC(=O)CCN(Cc1cccnc1)C(=O)/C=C/c1ccc(OCC)cc1. The molecule has 0 spiro atoms. The molecule has 6 heteroatoms. The summed E-state index contributed by atoms with van der Waals surface area (Å²) in [4.78, 5) is 30.1. The summed E-state index contributed by atoms with van der Waals surface area (Å²) in [7, 11) is 0. The van der Waals surface area contributed by atoms with E-state index in [-0.39, 0.29) is 24.8 Å². The largest absolute Gasteiger partial charge is 0.494 e. The van der Waals surface area contributed by atoms with Crippen LogP contribution < -0.4 is 4.74 Å². The van der Waals surface area contributed by atoms with E-state index in [0.717, 1.165) is 16.9 Å². The van der Waals surface area contributed by atoms with Crippen molar-refractivity contribution < 1.29 is 19.1 Å². The van der Waals surface area contributed by atoms with Crippen molar-refractivity contribution in [2.24, 2.45) is 0 Å². The molecule has 0 aliphatic rings. The lowest BCUT2D eigenvalue weighted by Gasteiger charge is -2.21. The second-order valence-corrected chi connectivity index (χ2v) is 6.01. The lowest BCUT2D eigenvalue weighted by atomic mass is 10.2. The fourth-order valence-corrected chi connectivity index (χ4v) is 2.55. The Morgan fingerprint density at radius 2 is 1.89 bits per heavy atom. The molecule has 0 aliphatic carbocycles. The van der Waals surface area contributed by atoms with Gasteiger partial charge >= 0.3 is 5.97 Å². The average Bonchev–Trinajstić information content (AvgIpc) is 2.71. The van der Waals surface area contributed by atoms with E-state index in [1.807, 2.05) is 43.3 Å². The molecule has 28 heavy (non-hydrogen) atoms. The maximum Gasteiger partial charge on any atom is 0.307 e. The molecule has 0 fully saturated rings.